The molecule has 0 fully saturated rings. The Morgan fingerprint density at radius 2 is 1.92 bits per heavy atom. The third-order valence-electron chi connectivity index (χ3n) is 5.67. The Labute approximate surface area is 225 Å². The lowest BCUT2D eigenvalue weighted by Crippen LogP contribution is -2.40. The number of rotatable bonds is 8. The first kappa shape index (κ1) is 26.6. The molecule has 0 saturated carbocycles. The molecule has 4 rings (SSSR count). The van der Waals surface area contributed by atoms with E-state index in [-0.39, 0.29) is 18.8 Å². The van der Waals surface area contributed by atoms with Crippen molar-refractivity contribution >= 4 is 45.3 Å². The van der Waals surface area contributed by atoms with Gasteiger partial charge in [0.05, 0.1) is 35.6 Å². The standard InChI is InChI=1S/C27H25BrN2O6S/c1-4-19-23(26(33)34-3)24(16-9-7-6-8-10-16)30-25(32)21(37-27(30)29-19)14-17-13-18(28)11-12-20(17)36-15-22(31)35-5-2/h6-14,24H,4-5,15H2,1-3H3/b21-14+/t24-/m0/s1. The monoisotopic (exact) mass is 584 g/mol. The minimum Gasteiger partial charge on any atom is -0.481 e. The molecule has 0 amide bonds. The number of carbonyl (C=O) groups excluding carboxylic acids is 2. The van der Waals surface area contributed by atoms with Crippen LogP contribution in [0.15, 0.2) is 74.1 Å². The van der Waals surface area contributed by atoms with Gasteiger partial charge < -0.3 is 14.2 Å². The van der Waals surface area contributed by atoms with Crippen LogP contribution in [0.3, 0.4) is 0 Å². The number of methoxy groups -OCH3 is 1. The van der Waals surface area contributed by atoms with E-state index in [1.54, 1.807) is 31.2 Å². The Kier molecular flexibility index (Phi) is 8.40. The van der Waals surface area contributed by atoms with Crippen molar-refractivity contribution in [3.8, 4) is 5.75 Å². The van der Waals surface area contributed by atoms with Crippen LogP contribution in [0.1, 0.15) is 37.4 Å². The highest BCUT2D eigenvalue weighted by molar-refractivity contribution is 9.10. The number of nitrogens with zero attached hydrogens (tertiary/aromatic N) is 2. The van der Waals surface area contributed by atoms with Crippen LogP contribution in [0.25, 0.3) is 6.08 Å². The number of benzene rings is 2. The Hall–Kier alpha value is -3.50. The second kappa shape index (κ2) is 11.7. The number of ether oxygens (including phenoxy) is 3. The van der Waals surface area contributed by atoms with E-state index in [9.17, 15) is 14.4 Å². The molecule has 1 aliphatic heterocycles. The molecular formula is C27H25BrN2O6S. The molecule has 1 atom stereocenters. The van der Waals surface area contributed by atoms with Gasteiger partial charge in [-0.2, -0.15) is 0 Å². The summed E-state index contributed by atoms with van der Waals surface area (Å²) in [6.45, 7) is 3.63. The maximum absolute atomic E-state index is 13.8. The highest BCUT2D eigenvalue weighted by atomic mass is 79.9. The molecule has 2 aromatic carbocycles. The second-order valence-corrected chi connectivity index (χ2v) is 9.90. The zero-order valence-corrected chi connectivity index (χ0v) is 22.9. The van der Waals surface area contributed by atoms with Crippen LogP contribution in [0.2, 0.25) is 0 Å². The molecule has 10 heteroatoms. The van der Waals surface area contributed by atoms with Crippen molar-refractivity contribution < 1.29 is 23.8 Å². The number of aromatic nitrogens is 1. The molecule has 37 heavy (non-hydrogen) atoms. The predicted octanol–water partition coefficient (Wildman–Crippen LogP) is 3.50. The summed E-state index contributed by atoms with van der Waals surface area (Å²) in [5.41, 5.74) is 2.00. The fourth-order valence-corrected chi connectivity index (χ4v) is 5.45. The van der Waals surface area contributed by atoms with Gasteiger partial charge in [-0.05, 0) is 43.2 Å². The van der Waals surface area contributed by atoms with Crippen molar-refractivity contribution in [3.05, 3.63) is 95.1 Å². The van der Waals surface area contributed by atoms with E-state index in [1.165, 1.54) is 23.0 Å². The summed E-state index contributed by atoms with van der Waals surface area (Å²) in [6.07, 6.45) is 2.20. The SMILES string of the molecule is CCOC(=O)COc1ccc(Br)cc1/C=c1/sc2n(c1=O)[C@@H](c1ccccc1)C(C(=O)OC)=C(CC)N=2. The van der Waals surface area contributed by atoms with E-state index < -0.39 is 18.0 Å². The minimum absolute atomic E-state index is 0.256. The Morgan fingerprint density at radius 3 is 2.59 bits per heavy atom. The van der Waals surface area contributed by atoms with Crippen molar-refractivity contribution in [2.75, 3.05) is 20.3 Å². The van der Waals surface area contributed by atoms with E-state index in [0.29, 0.717) is 38.3 Å². The highest BCUT2D eigenvalue weighted by Gasteiger charge is 2.33. The van der Waals surface area contributed by atoms with Crippen LogP contribution >= 0.6 is 27.3 Å². The van der Waals surface area contributed by atoms with Crippen molar-refractivity contribution in [1.82, 2.24) is 4.57 Å². The van der Waals surface area contributed by atoms with E-state index >= 15 is 0 Å². The van der Waals surface area contributed by atoms with Crippen molar-refractivity contribution in [2.45, 2.75) is 26.3 Å². The van der Waals surface area contributed by atoms with Gasteiger partial charge in [-0.15, -0.1) is 0 Å². The van der Waals surface area contributed by atoms with Gasteiger partial charge in [-0.3, -0.25) is 9.36 Å². The Morgan fingerprint density at radius 1 is 1.16 bits per heavy atom. The summed E-state index contributed by atoms with van der Waals surface area (Å²) in [4.78, 5) is 43.6. The Bertz CT molecular complexity index is 1540. The molecule has 0 spiro atoms. The first-order valence-corrected chi connectivity index (χ1v) is 13.2. The molecule has 1 aromatic heterocycles. The topological polar surface area (TPSA) is 96.2 Å². The van der Waals surface area contributed by atoms with Crippen LogP contribution in [0, 0.1) is 0 Å². The first-order chi connectivity index (χ1) is 17.9. The van der Waals surface area contributed by atoms with E-state index in [2.05, 4.69) is 20.9 Å². The number of hydrogen-bond donors (Lipinski definition) is 0. The van der Waals surface area contributed by atoms with Gasteiger partial charge in [0.2, 0.25) is 0 Å². The highest BCUT2D eigenvalue weighted by Crippen LogP contribution is 2.31. The third kappa shape index (κ3) is 5.60. The summed E-state index contributed by atoms with van der Waals surface area (Å²) in [7, 11) is 1.32. The smallest absolute Gasteiger partial charge is 0.344 e. The average Bonchev–Trinajstić information content (AvgIpc) is 3.21. The van der Waals surface area contributed by atoms with Crippen LogP contribution in [0.4, 0.5) is 0 Å². The summed E-state index contributed by atoms with van der Waals surface area (Å²) in [6, 6.07) is 14.0. The molecule has 8 nitrogen and oxygen atoms in total. The molecule has 0 radical (unpaired) electrons. The van der Waals surface area contributed by atoms with Crippen molar-refractivity contribution in [1.29, 1.82) is 0 Å². The van der Waals surface area contributed by atoms with Gasteiger partial charge in [0, 0.05) is 10.0 Å². The second-order valence-electron chi connectivity index (χ2n) is 7.97. The van der Waals surface area contributed by atoms with E-state index in [4.69, 9.17) is 14.2 Å². The molecule has 0 N–H and O–H groups in total. The largest absolute Gasteiger partial charge is 0.481 e. The molecule has 1 aliphatic rings. The maximum atomic E-state index is 13.8. The van der Waals surface area contributed by atoms with Crippen LogP contribution in [0.5, 0.6) is 5.75 Å². The number of fused-ring (bicyclic) bond motifs is 1. The van der Waals surface area contributed by atoms with E-state index in [0.717, 1.165) is 10.0 Å². The predicted molar refractivity (Wildman–Crippen MR) is 143 cm³/mol. The molecule has 0 unspecified atom stereocenters. The fraction of sp³-hybridized carbons (Fsp3) is 0.259. The summed E-state index contributed by atoms with van der Waals surface area (Å²) in [5.74, 6) is -0.586. The number of allylic oxidation sites excluding steroid dienone is 1. The van der Waals surface area contributed by atoms with Crippen LogP contribution in [-0.4, -0.2) is 36.8 Å². The van der Waals surface area contributed by atoms with Crippen LogP contribution < -0.4 is 19.6 Å². The molecule has 0 saturated heterocycles. The van der Waals surface area contributed by atoms with Crippen LogP contribution in [-0.2, 0) is 19.1 Å². The lowest BCUT2D eigenvalue weighted by atomic mass is 9.95. The third-order valence-corrected chi connectivity index (χ3v) is 7.15. The summed E-state index contributed by atoms with van der Waals surface area (Å²) >= 11 is 4.68. The number of hydrogen-bond acceptors (Lipinski definition) is 8. The molecular weight excluding hydrogens is 560 g/mol. The van der Waals surface area contributed by atoms with E-state index in [1.807, 2.05) is 37.3 Å². The van der Waals surface area contributed by atoms with Gasteiger partial charge >= 0.3 is 11.9 Å². The lowest BCUT2D eigenvalue weighted by Gasteiger charge is -2.25. The molecule has 192 valence electrons. The molecule has 3 aromatic rings. The van der Waals surface area contributed by atoms with Gasteiger partial charge in [-0.1, -0.05) is 64.5 Å². The zero-order valence-electron chi connectivity index (χ0n) is 20.5. The minimum atomic E-state index is -0.677. The van der Waals surface area contributed by atoms with Crippen molar-refractivity contribution in [2.24, 2.45) is 4.99 Å². The number of halogens is 1. The summed E-state index contributed by atoms with van der Waals surface area (Å²) < 4.78 is 18.4. The normalized spacial score (nSPS) is 15.1. The van der Waals surface area contributed by atoms with Crippen molar-refractivity contribution in [3.63, 3.8) is 0 Å². The fourth-order valence-electron chi connectivity index (χ4n) is 4.06. The zero-order chi connectivity index (χ0) is 26.5. The summed E-state index contributed by atoms with van der Waals surface area (Å²) in [5, 5.41) is 0. The van der Waals surface area contributed by atoms with Gasteiger partial charge in [0.15, 0.2) is 11.4 Å². The quantitative estimate of drug-likeness (QED) is 0.376. The van der Waals surface area contributed by atoms with Gasteiger partial charge in [0.25, 0.3) is 5.56 Å². The average molecular weight is 585 g/mol. The molecule has 0 aliphatic carbocycles. The number of esters is 2. The number of thiazole rings is 1. The lowest BCUT2D eigenvalue weighted by molar-refractivity contribution is -0.145. The van der Waals surface area contributed by atoms with Gasteiger partial charge in [0.1, 0.15) is 5.75 Å². The van der Waals surface area contributed by atoms with Gasteiger partial charge in [-0.25, -0.2) is 14.6 Å². The first-order valence-electron chi connectivity index (χ1n) is 11.6. The maximum Gasteiger partial charge on any atom is 0.344 e. The molecule has 0 bridgehead atoms. The molecule has 2 heterocycles. The number of carbonyl (C=O) groups is 2. The Balaban J connectivity index is 1.88.